The summed E-state index contributed by atoms with van der Waals surface area (Å²) in [5.74, 6) is 0.915. The van der Waals surface area contributed by atoms with Gasteiger partial charge in [-0.1, -0.05) is 24.0 Å². The van der Waals surface area contributed by atoms with Gasteiger partial charge in [-0.3, -0.25) is 4.99 Å². The Labute approximate surface area is 64.3 Å². The molecule has 4 heteroatoms. The van der Waals surface area contributed by atoms with Crippen molar-refractivity contribution in [2.24, 2.45) is 4.99 Å². The van der Waals surface area contributed by atoms with Gasteiger partial charge in [-0.25, -0.2) is 0 Å². The van der Waals surface area contributed by atoms with Crippen LogP contribution in [0.4, 0.5) is 0 Å². The first-order valence-electron chi connectivity index (χ1n) is 2.62. The summed E-state index contributed by atoms with van der Waals surface area (Å²) in [5.41, 5.74) is 0. The minimum absolute atomic E-state index is 0.915. The number of aliphatic imine (C=N–C) groups is 1. The highest BCUT2D eigenvalue weighted by Crippen LogP contribution is 2.17. The Balaban J connectivity index is 2.73. The predicted molar refractivity (Wildman–Crippen MR) is 46.2 cm³/mol. The van der Waals surface area contributed by atoms with Gasteiger partial charge in [0.05, 0.1) is 10.7 Å². The van der Waals surface area contributed by atoms with Crippen molar-refractivity contribution < 1.29 is 0 Å². The fraction of sp³-hybridized carbons (Fsp3) is 0.600. The zero-order chi connectivity index (χ0) is 6.85. The molecule has 1 aliphatic heterocycles. The summed E-state index contributed by atoms with van der Waals surface area (Å²) in [6.07, 6.45) is 0. The van der Waals surface area contributed by atoms with Crippen molar-refractivity contribution in [2.45, 2.75) is 0 Å². The Morgan fingerprint density at radius 3 is 2.67 bits per heavy atom. The van der Waals surface area contributed by atoms with Crippen LogP contribution in [-0.2, 0) is 0 Å². The van der Waals surface area contributed by atoms with E-state index in [9.17, 15) is 0 Å². The van der Waals surface area contributed by atoms with Crippen LogP contribution in [0.1, 0.15) is 0 Å². The maximum atomic E-state index is 5.01. The monoisotopic (exact) mass is 160 g/mol. The van der Waals surface area contributed by atoms with Gasteiger partial charge in [0.1, 0.15) is 0 Å². The summed E-state index contributed by atoms with van der Waals surface area (Å²) in [6.45, 7) is 0. The first-order valence-corrected chi connectivity index (χ1v) is 4.01. The Morgan fingerprint density at radius 2 is 2.44 bits per heavy atom. The van der Waals surface area contributed by atoms with Gasteiger partial charge in [0.2, 0.25) is 0 Å². The zero-order valence-electron chi connectivity index (χ0n) is 5.42. The number of thioether (sulfide) groups is 1. The molecule has 9 heavy (non-hydrogen) atoms. The molecule has 0 aliphatic carbocycles. The van der Waals surface area contributed by atoms with E-state index in [4.69, 9.17) is 12.2 Å². The van der Waals surface area contributed by atoms with Gasteiger partial charge in [0.25, 0.3) is 0 Å². The van der Waals surface area contributed by atoms with Crippen LogP contribution >= 0.6 is 24.0 Å². The molecule has 0 unspecified atom stereocenters. The van der Waals surface area contributed by atoms with Crippen LogP contribution in [0, 0.1) is 0 Å². The molecule has 0 amide bonds. The number of rotatable bonds is 0. The molecule has 1 rings (SSSR count). The van der Waals surface area contributed by atoms with Crippen molar-refractivity contribution >= 4 is 34.1 Å². The smallest absolute Gasteiger partial charge is 0.163 e. The average Bonchev–Trinajstić information content (AvgIpc) is 2.15. The third-order valence-corrected chi connectivity index (χ3v) is 2.91. The Kier molecular flexibility index (Phi) is 2.08. The molecule has 50 valence electrons. The van der Waals surface area contributed by atoms with E-state index in [0.717, 1.165) is 15.9 Å². The largest absolute Gasteiger partial charge is 0.318 e. The van der Waals surface area contributed by atoms with Gasteiger partial charge >= 0.3 is 0 Å². The summed E-state index contributed by atoms with van der Waals surface area (Å²) in [4.78, 5) is 6.95. The van der Waals surface area contributed by atoms with Crippen molar-refractivity contribution in [2.75, 3.05) is 19.8 Å². The minimum atomic E-state index is 0.915. The molecule has 2 nitrogen and oxygen atoms in total. The third kappa shape index (κ3) is 1.24. The molecule has 0 radical (unpaired) electrons. The maximum absolute atomic E-state index is 5.01. The van der Waals surface area contributed by atoms with Gasteiger partial charge in [0, 0.05) is 14.1 Å². The lowest BCUT2D eigenvalue weighted by molar-refractivity contribution is 0.788. The lowest BCUT2D eigenvalue weighted by Gasteiger charge is -2.07. The van der Waals surface area contributed by atoms with Crippen LogP contribution in [0.2, 0.25) is 0 Å². The molecule has 1 heterocycles. The number of nitrogens with zero attached hydrogens (tertiary/aromatic N) is 2. The zero-order valence-corrected chi connectivity index (χ0v) is 7.05. The summed E-state index contributed by atoms with van der Waals surface area (Å²) in [6, 6.07) is 0. The molecule has 0 bridgehead atoms. The lowest BCUT2D eigenvalue weighted by Crippen LogP contribution is -2.22. The molecule has 1 fully saturated rings. The number of hydrogen-bond acceptors (Lipinski definition) is 3. The molecule has 0 aromatic rings. The summed E-state index contributed by atoms with van der Waals surface area (Å²) >= 11 is 6.70. The molecule has 0 aromatic heterocycles. The number of thiocarbonyl (C=S) groups is 1. The van der Waals surface area contributed by atoms with E-state index < -0.39 is 0 Å². The van der Waals surface area contributed by atoms with Gasteiger partial charge in [0.15, 0.2) is 5.17 Å². The van der Waals surface area contributed by atoms with Crippen LogP contribution < -0.4 is 0 Å². The average molecular weight is 160 g/mol. The SMILES string of the molecule is CN=C1SCC(=S)N1C. The fourth-order valence-electron chi connectivity index (χ4n) is 0.641. The van der Waals surface area contributed by atoms with Crippen LogP contribution in [0.3, 0.4) is 0 Å². The first-order chi connectivity index (χ1) is 4.25. The van der Waals surface area contributed by atoms with Gasteiger partial charge in [-0.15, -0.1) is 0 Å². The normalized spacial score (nSPS) is 24.0. The summed E-state index contributed by atoms with van der Waals surface area (Å²) in [5, 5.41) is 1.03. The molecule has 0 saturated carbocycles. The van der Waals surface area contributed by atoms with Crippen LogP contribution in [-0.4, -0.2) is 34.9 Å². The van der Waals surface area contributed by atoms with Crippen LogP contribution in [0.15, 0.2) is 4.99 Å². The Bertz CT molecular complexity index is 164. The molecule has 0 atom stereocenters. The first kappa shape index (κ1) is 7.02. The Morgan fingerprint density at radius 1 is 1.78 bits per heavy atom. The minimum Gasteiger partial charge on any atom is -0.318 e. The second-order valence-corrected chi connectivity index (χ2v) is 3.16. The molecular weight excluding hydrogens is 152 g/mol. The van der Waals surface area contributed by atoms with Crippen molar-refractivity contribution in [3.8, 4) is 0 Å². The quantitative estimate of drug-likeness (QED) is 0.491. The van der Waals surface area contributed by atoms with Crippen molar-refractivity contribution in [1.29, 1.82) is 0 Å². The standard InChI is InChI=1S/C5H8N2S2/c1-6-5-7(2)4(8)3-9-5/h3H2,1-2H3. The predicted octanol–water partition coefficient (Wildman–Crippen LogP) is 0.978. The van der Waals surface area contributed by atoms with E-state index in [1.165, 1.54) is 0 Å². The summed E-state index contributed by atoms with van der Waals surface area (Å²) < 4.78 is 0. The van der Waals surface area contributed by atoms with E-state index in [2.05, 4.69) is 4.99 Å². The maximum Gasteiger partial charge on any atom is 0.163 e. The number of hydrogen-bond donors (Lipinski definition) is 0. The molecule has 1 aliphatic rings. The lowest BCUT2D eigenvalue weighted by atomic mass is 10.7. The number of amidine groups is 1. The van der Waals surface area contributed by atoms with E-state index in [0.29, 0.717) is 0 Å². The molecule has 0 aromatic carbocycles. The van der Waals surface area contributed by atoms with Crippen molar-refractivity contribution in [3.05, 3.63) is 0 Å². The van der Waals surface area contributed by atoms with Gasteiger partial charge in [-0.2, -0.15) is 0 Å². The van der Waals surface area contributed by atoms with E-state index in [1.807, 2.05) is 11.9 Å². The van der Waals surface area contributed by atoms with E-state index in [-0.39, 0.29) is 0 Å². The molecule has 0 N–H and O–H groups in total. The van der Waals surface area contributed by atoms with E-state index >= 15 is 0 Å². The highest BCUT2D eigenvalue weighted by molar-refractivity contribution is 8.15. The van der Waals surface area contributed by atoms with Gasteiger partial charge < -0.3 is 4.90 Å². The second-order valence-electron chi connectivity index (χ2n) is 1.75. The van der Waals surface area contributed by atoms with Gasteiger partial charge in [-0.05, 0) is 0 Å². The van der Waals surface area contributed by atoms with E-state index in [1.54, 1.807) is 18.8 Å². The molecule has 1 saturated heterocycles. The Hall–Kier alpha value is -0.0900. The molecule has 0 spiro atoms. The van der Waals surface area contributed by atoms with Crippen molar-refractivity contribution in [3.63, 3.8) is 0 Å². The van der Waals surface area contributed by atoms with Crippen LogP contribution in [0.5, 0.6) is 0 Å². The fourth-order valence-corrected chi connectivity index (χ4v) is 1.84. The highest BCUT2D eigenvalue weighted by atomic mass is 32.2. The second kappa shape index (κ2) is 2.66. The van der Waals surface area contributed by atoms with Crippen LogP contribution in [0.25, 0.3) is 0 Å². The topological polar surface area (TPSA) is 15.6 Å². The highest BCUT2D eigenvalue weighted by Gasteiger charge is 2.19. The third-order valence-electron chi connectivity index (χ3n) is 1.18. The van der Waals surface area contributed by atoms with Crippen molar-refractivity contribution in [1.82, 2.24) is 4.90 Å². The molecular formula is C5H8N2S2. The summed E-state index contributed by atoms with van der Waals surface area (Å²) in [7, 11) is 3.73.